The summed E-state index contributed by atoms with van der Waals surface area (Å²) in [4.78, 5) is 11.6. The molecular formula is C19H24N4O3S. The number of hydrogen-bond acceptors (Lipinski definition) is 6. The Balaban J connectivity index is 1.57. The normalized spacial score (nSPS) is 18.3. The van der Waals surface area contributed by atoms with Gasteiger partial charge in [0.2, 0.25) is 16.0 Å². The van der Waals surface area contributed by atoms with Crippen LogP contribution in [0.15, 0.2) is 35.4 Å². The number of nitrogens with zero attached hydrogens (tertiary/aromatic N) is 4. The minimum Gasteiger partial charge on any atom is -0.378 e. The lowest BCUT2D eigenvalue weighted by Gasteiger charge is -2.30. The summed E-state index contributed by atoms with van der Waals surface area (Å²) in [5.74, 6) is 0.656. The lowest BCUT2D eigenvalue weighted by atomic mass is 10.1. The maximum absolute atomic E-state index is 13.0. The van der Waals surface area contributed by atoms with Crippen molar-refractivity contribution in [2.75, 3.05) is 37.7 Å². The molecule has 0 N–H and O–H groups in total. The highest BCUT2D eigenvalue weighted by Gasteiger charge is 2.30. The Morgan fingerprint density at radius 2 is 1.85 bits per heavy atom. The van der Waals surface area contributed by atoms with Gasteiger partial charge in [-0.3, -0.25) is 0 Å². The van der Waals surface area contributed by atoms with E-state index in [2.05, 4.69) is 21.8 Å². The van der Waals surface area contributed by atoms with Crippen LogP contribution in [0.1, 0.15) is 23.7 Å². The lowest BCUT2D eigenvalue weighted by molar-refractivity contribution is 0.122. The van der Waals surface area contributed by atoms with Crippen LogP contribution in [0.4, 0.5) is 5.95 Å². The second kappa shape index (κ2) is 7.53. The summed E-state index contributed by atoms with van der Waals surface area (Å²) in [7, 11) is -3.53. The second-order valence-electron chi connectivity index (χ2n) is 6.83. The molecule has 3 heterocycles. The zero-order chi connectivity index (χ0) is 18.9. The van der Waals surface area contributed by atoms with E-state index in [9.17, 15) is 8.42 Å². The first-order valence-corrected chi connectivity index (χ1v) is 10.8. The highest BCUT2D eigenvalue weighted by Crippen LogP contribution is 2.25. The van der Waals surface area contributed by atoms with Crippen molar-refractivity contribution >= 4 is 16.0 Å². The van der Waals surface area contributed by atoms with Crippen LogP contribution in [0.5, 0.6) is 0 Å². The van der Waals surface area contributed by atoms with E-state index in [1.165, 1.54) is 4.31 Å². The molecule has 144 valence electrons. The monoisotopic (exact) mass is 388 g/mol. The van der Waals surface area contributed by atoms with Gasteiger partial charge in [0.15, 0.2) is 0 Å². The fourth-order valence-corrected chi connectivity index (χ4v) is 4.84. The van der Waals surface area contributed by atoms with Crippen molar-refractivity contribution in [3.05, 3.63) is 47.3 Å². The van der Waals surface area contributed by atoms with Gasteiger partial charge in [-0.1, -0.05) is 19.1 Å². The molecule has 0 spiro atoms. The van der Waals surface area contributed by atoms with Crippen molar-refractivity contribution in [3.8, 4) is 0 Å². The van der Waals surface area contributed by atoms with Crippen LogP contribution >= 0.6 is 0 Å². The van der Waals surface area contributed by atoms with E-state index < -0.39 is 10.0 Å². The van der Waals surface area contributed by atoms with Crippen LogP contribution in [0.3, 0.4) is 0 Å². The van der Waals surface area contributed by atoms with Crippen LogP contribution in [0.2, 0.25) is 0 Å². The van der Waals surface area contributed by atoms with E-state index in [4.69, 9.17) is 4.74 Å². The van der Waals surface area contributed by atoms with Crippen LogP contribution in [-0.4, -0.2) is 55.5 Å². The summed E-state index contributed by atoms with van der Waals surface area (Å²) in [5.41, 5.74) is 2.95. The van der Waals surface area contributed by atoms with Gasteiger partial charge in [0, 0.05) is 25.8 Å². The van der Waals surface area contributed by atoms with E-state index in [-0.39, 0.29) is 6.54 Å². The van der Waals surface area contributed by atoms with E-state index >= 15 is 0 Å². The van der Waals surface area contributed by atoms with Crippen LogP contribution in [0, 0.1) is 0 Å². The van der Waals surface area contributed by atoms with Crippen molar-refractivity contribution in [1.82, 2.24) is 14.3 Å². The highest BCUT2D eigenvalue weighted by molar-refractivity contribution is 7.89. The zero-order valence-electron chi connectivity index (χ0n) is 15.5. The van der Waals surface area contributed by atoms with Gasteiger partial charge in [0.25, 0.3) is 0 Å². The molecule has 1 aromatic heterocycles. The Morgan fingerprint density at radius 1 is 1.11 bits per heavy atom. The van der Waals surface area contributed by atoms with E-state index in [0.717, 1.165) is 36.3 Å². The third-order valence-corrected chi connectivity index (χ3v) is 7.02. The number of benzene rings is 1. The lowest BCUT2D eigenvalue weighted by Crippen LogP contribution is -2.39. The maximum Gasteiger partial charge on any atom is 0.243 e. The van der Waals surface area contributed by atoms with Gasteiger partial charge in [0.1, 0.15) is 0 Å². The summed E-state index contributed by atoms with van der Waals surface area (Å²) in [6, 6.07) is 7.15. The molecule has 8 heteroatoms. The standard InChI is InChI=1S/C19H24N4O3S/c1-2-15-3-5-17(6-4-15)27(24,25)23-8-7-16-13-20-19(21-18(16)14-23)22-9-11-26-12-10-22/h3-6,13H,2,7-12,14H2,1H3. The first kappa shape index (κ1) is 18.3. The Labute approximate surface area is 160 Å². The molecule has 0 unspecified atom stereocenters. The number of rotatable bonds is 4. The molecule has 2 aromatic rings. The van der Waals surface area contributed by atoms with Gasteiger partial charge >= 0.3 is 0 Å². The summed E-state index contributed by atoms with van der Waals surface area (Å²) in [5, 5.41) is 0. The molecule has 0 bridgehead atoms. The number of anilines is 1. The average Bonchev–Trinajstić information content (AvgIpc) is 2.73. The quantitative estimate of drug-likeness (QED) is 0.792. The van der Waals surface area contributed by atoms with Gasteiger partial charge in [-0.25, -0.2) is 18.4 Å². The fourth-order valence-electron chi connectivity index (χ4n) is 3.44. The summed E-state index contributed by atoms with van der Waals surface area (Å²) >= 11 is 0. The fraction of sp³-hybridized carbons (Fsp3) is 0.474. The molecule has 0 radical (unpaired) electrons. The van der Waals surface area contributed by atoms with Crippen molar-refractivity contribution < 1.29 is 13.2 Å². The maximum atomic E-state index is 13.0. The molecule has 0 atom stereocenters. The minimum atomic E-state index is -3.53. The Hall–Kier alpha value is -2.03. The number of ether oxygens (including phenoxy) is 1. The predicted octanol–water partition coefficient (Wildman–Crippen LogP) is 1.62. The number of fused-ring (bicyclic) bond motifs is 1. The average molecular weight is 388 g/mol. The van der Waals surface area contributed by atoms with Gasteiger partial charge in [-0.2, -0.15) is 4.31 Å². The van der Waals surface area contributed by atoms with E-state index in [1.807, 2.05) is 18.3 Å². The smallest absolute Gasteiger partial charge is 0.243 e. The number of aryl methyl sites for hydroxylation is 1. The molecule has 4 rings (SSSR count). The second-order valence-corrected chi connectivity index (χ2v) is 8.77. The van der Waals surface area contributed by atoms with Gasteiger partial charge in [-0.05, 0) is 36.1 Å². The SMILES string of the molecule is CCc1ccc(S(=O)(=O)N2CCc3cnc(N4CCOCC4)nc3C2)cc1. The van der Waals surface area contributed by atoms with Gasteiger partial charge in [0.05, 0.1) is 30.3 Å². The molecule has 0 saturated carbocycles. The molecule has 0 aliphatic carbocycles. The van der Waals surface area contributed by atoms with Crippen molar-refractivity contribution in [3.63, 3.8) is 0 Å². The first-order valence-electron chi connectivity index (χ1n) is 9.34. The number of morpholine rings is 1. The third kappa shape index (κ3) is 3.69. The molecule has 2 aliphatic rings. The summed E-state index contributed by atoms with van der Waals surface area (Å²) in [6.45, 7) is 5.62. The van der Waals surface area contributed by atoms with E-state index in [0.29, 0.717) is 37.0 Å². The topological polar surface area (TPSA) is 75.6 Å². The zero-order valence-corrected chi connectivity index (χ0v) is 16.3. The van der Waals surface area contributed by atoms with Crippen LogP contribution < -0.4 is 4.90 Å². The Morgan fingerprint density at radius 3 is 2.56 bits per heavy atom. The predicted molar refractivity (Wildman–Crippen MR) is 102 cm³/mol. The molecule has 27 heavy (non-hydrogen) atoms. The van der Waals surface area contributed by atoms with Crippen LogP contribution in [0.25, 0.3) is 0 Å². The number of aromatic nitrogens is 2. The molecule has 1 saturated heterocycles. The van der Waals surface area contributed by atoms with E-state index in [1.54, 1.807) is 12.1 Å². The molecule has 1 aromatic carbocycles. The number of sulfonamides is 1. The summed E-state index contributed by atoms with van der Waals surface area (Å²) in [6.07, 6.45) is 3.36. The molecule has 2 aliphatic heterocycles. The Bertz CT molecular complexity index is 909. The Kier molecular flexibility index (Phi) is 5.12. The highest BCUT2D eigenvalue weighted by atomic mass is 32.2. The summed E-state index contributed by atoms with van der Waals surface area (Å²) < 4.78 is 33.0. The van der Waals surface area contributed by atoms with Gasteiger partial charge < -0.3 is 9.64 Å². The van der Waals surface area contributed by atoms with Crippen molar-refractivity contribution in [2.45, 2.75) is 31.2 Å². The largest absolute Gasteiger partial charge is 0.378 e. The van der Waals surface area contributed by atoms with Crippen LogP contribution in [-0.2, 0) is 34.1 Å². The third-order valence-electron chi connectivity index (χ3n) is 5.16. The molecule has 0 amide bonds. The number of hydrogen-bond donors (Lipinski definition) is 0. The molecule has 7 nitrogen and oxygen atoms in total. The molecular weight excluding hydrogens is 364 g/mol. The van der Waals surface area contributed by atoms with Crippen molar-refractivity contribution in [1.29, 1.82) is 0 Å². The minimum absolute atomic E-state index is 0.285. The first-order chi connectivity index (χ1) is 13.1. The van der Waals surface area contributed by atoms with Crippen molar-refractivity contribution in [2.24, 2.45) is 0 Å². The van der Waals surface area contributed by atoms with Gasteiger partial charge in [-0.15, -0.1) is 0 Å². The molecule has 1 fully saturated rings.